The van der Waals surface area contributed by atoms with E-state index in [-0.39, 0.29) is 30.7 Å². The first-order chi connectivity index (χ1) is 48.4. The zero-order valence-corrected chi connectivity index (χ0v) is 57.5. The van der Waals surface area contributed by atoms with Crippen molar-refractivity contribution in [2.75, 3.05) is 32.9 Å². The predicted molar refractivity (Wildman–Crippen MR) is 366 cm³/mol. The van der Waals surface area contributed by atoms with Gasteiger partial charge >= 0.3 is 5.97 Å². The summed E-state index contributed by atoms with van der Waals surface area (Å²) in [4.78, 5) is 150. The molecule has 0 saturated carbocycles. The number of nitrogens with one attached hydrogen (secondary N) is 10. The number of rotatable bonds is 42. The number of carboxylic acids is 1. The van der Waals surface area contributed by atoms with Crippen molar-refractivity contribution in [2.24, 2.45) is 17.2 Å². The number of carbonyl (C=O) groups is 11. The lowest BCUT2D eigenvalue weighted by Crippen LogP contribution is -2.67. The van der Waals surface area contributed by atoms with Crippen LogP contribution >= 0.6 is 0 Å². The predicted octanol–water partition coefficient (Wildman–Crippen LogP) is -3.23. The van der Waals surface area contributed by atoms with Gasteiger partial charge in [0.1, 0.15) is 65.4 Å². The summed E-state index contributed by atoms with van der Waals surface area (Å²) < 4.78 is 21.3. The van der Waals surface area contributed by atoms with Crippen LogP contribution in [-0.2, 0) is 84.8 Å². The summed E-state index contributed by atoms with van der Waals surface area (Å²) in [5.41, 5.74) is 20.6. The smallest absolute Gasteiger partial charge is 0.305 e. The maximum Gasteiger partial charge on any atom is 0.305 e. The molecule has 0 aliphatic carbocycles. The fourth-order valence-corrected chi connectivity index (χ4v) is 10.8. The number of aryl methyl sites for hydroxylation is 4. The molecule has 0 unspecified atom stereocenters. The quantitative estimate of drug-likeness (QED) is 0.0171. The number of carbonyl (C=O) groups excluding carboxylic acids is 10. The number of amides is 10. The van der Waals surface area contributed by atoms with Gasteiger partial charge < -0.3 is 95.3 Å². The minimum atomic E-state index is -2.38. The largest absolute Gasteiger partial charge is 0.494 e. The lowest BCUT2D eigenvalue weighted by Gasteiger charge is -2.34. The lowest BCUT2D eigenvalue weighted by atomic mass is 9.90. The number of benzene rings is 4. The third-order valence-corrected chi connectivity index (χ3v) is 16.3. The highest BCUT2D eigenvalue weighted by Crippen LogP contribution is 2.29. The standard InChI is InChI=1S/C68H93FN16O17/c1-7-42-29-45(102-24-11-10-23-70)21-22-46(42)43-19-17-40(18-20-43)28-50(62(96)74-49(59(72)93)16-12-13-41-26-36(2)25-37(3)27-41)76-63(97)52(31-56(91)92)77-64(98)53(35-87)78-65(99)57(38(4)88)80-67(101)68(6,32-44-14-8-9-15-47(44)69)81-66(100)58(39(5)89)79-55(90)33-73-61(95)51(30-54-82-84-85-83-54)75-60(94)48(71)34-86/h8-9,14-15,17-22,25-27,29,38-39,48-53,57-58,86-89H,7,10-13,16,23-24,28,30-35,70-71H2,1-6H3,(H2,72,93)(H,73,95)(H,74,96)(H,75,94)(H,76,97)(H,77,98)(H,78,99)(H,79,90)(H,80,101)(H,81,100)(H,91,92)(H,82,83,84,85)/t38-,39-,48+,49+,50+,51+,52+,53+,57+,58+,68+/m1/s1. The van der Waals surface area contributed by atoms with Gasteiger partial charge in [-0.15, -0.1) is 10.2 Å². The Morgan fingerprint density at radius 1 is 0.657 bits per heavy atom. The van der Waals surface area contributed by atoms with E-state index < -0.39 is 170 Å². The molecule has 10 amide bonds. The van der Waals surface area contributed by atoms with E-state index in [1.807, 2.05) is 57.2 Å². The van der Waals surface area contributed by atoms with Crippen LogP contribution in [0.2, 0.25) is 0 Å². The van der Waals surface area contributed by atoms with Gasteiger partial charge in [-0.05, 0) is 131 Å². The third kappa shape index (κ3) is 25.7. The molecule has 4 aromatic carbocycles. The number of primary amides is 1. The van der Waals surface area contributed by atoms with E-state index in [0.717, 1.165) is 73.1 Å². The molecule has 1 aromatic heterocycles. The van der Waals surface area contributed by atoms with Crippen molar-refractivity contribution in [3.05, 3.63) is 130 Å². The number of nitrogens with two attached hydrogens (primary N) is 3. The summed E-state index contributed by atoms with van der Waals surface area (Å²) >= 11 is 0. The van der Waals surface area contributed by atoms with Crippen molar-refractivity contribution in [3.63, 3.8) is 0 Å². The number of H-pyrrole nitrogens is 1. The summed E-state index contributed by atoms with van der Waals surface area (Å²) in [6, 6.07) is 9.72. The summed E-state index contributed by atoms with van der Waals surface area (Å²) in [7, 11) is 0. The number of aromatic amines is 1. The van der Waals surface area contributed by atoms with E-state index in [1.165, 1.54) is 18.2 Å². The highest BCUT2D eigenvalue weighted by molar-refractivity contribution is 6.00. The van der Waals surface area contributed by atoms with Crippen LogP contribution in [0.5, 0.6) is 5.75 Å². The van der Waals surface area contributed by atoms with Gasteiger partial charge in [-0.25, -0.2) is 4.39 Å². The van der Waals surface area contributed by atoms with Crippen molar-refractivity contribution in [1.82, 2.24) is 68.5 Å². The Bertz CT molecular complexity index is 3680. The maximum atomic E-state index is 15.4. The highest BCUT2D eigenvalue weighted by atomic mass is 19.1. The lowest BCUT2D eigenvalue weighted by molar-refractivity contribution is -0.142. The number of aliphatic carboxylic acids is 1. The van der Waals surface area contributed by atoms with Gasteiger partial charge in [0.15, 0.2) is 5.82 Å². The van der Waals surface area contributed by atoms with Crippen molar-refractivity contribution in [3.8, 4) is 16.9 Å². The molecule has 102 heavy (non-hydrogen) atoms. The van der Waals surface area contributed by atoms with Gasteiger partial charge in [0.05, 0.1) is 45.0 Å². The molecule has 5 rings (SSSR count). The monoisotopic (exact) mass is 1420 g/mol. The van der Waals surface area contributed by atoms with Crippen LogP contribution in [-0.4, -0.2) is 210 Å². The fraction of sp³-hybridized carbons (Fsp3) is 0.471. The Morgan fingerprint density at radius 2 is 1.26 bits per heavy atom. The number of aliphatic hydroxyl groups excluding tert-OH is 4. The average Bonchev–Trinajstić information content (AvgIpc) is 0.854. The first-order valence-corrected chi connectivity index (χ1v) is 33.0. The minimum absolute atomic E-state index is 0.0551. The number of aromatic nitrogens is 4. The topological polar surface area (TPSA) is 539 Å². The second-order valence-corrected chi connectivity index (χ2v) is 24.9. The van der Waals surface area contributed by atoms with Crippen molar-refractivity contribution >= 4 is 65.0 Å². The van der Waals surface area contributed by atoms with Crippen LogP contribution in [0.1, 0.15) is 99.0 Å². The molecule has 0 aliphatic heterocycles. The SMILES string of the molecule is CCc1cc(OCCCCN)ccc1-c1ccc(C[C@H](NC(=O)[C@H](CC(=O)O)NC(=O)[C@H](CO)NC(=O)[C@@H](NC(=O)[C@](C)(Cc2ccccc2F)NC(=O)[C@@H](NC(=O)CNC(=O)[C@H](Cc2nn[nH]n2)NC(=O)[C@@H](N)CO)[C@@H](C)O)[C@@H](C)O)C(=O)N[C@@H](CCCc2cc(C)cc(C)c2)C(N)=O)cc1. The van der Waals surface area contributed by atoms with Crippen molar-refractivity contribution in [1.29, 1.82) is 0 Å². The van der Waals surface area contributed by atoms with Gasteiger partial charge in [-0.1, -0.05) is 90.0 Å². The van der Waals surface area contributed by atoms with Crippen LogP contribution < -0.4 is 69.8 Å². The molecule has 0 bridgehead atoms. The van der Waals surface area contributed by atoms with Gasteiger partial charge in [0.2, 0.25) is 59.1 Å². The molecular weight excluding hydrogens is 1330 g/mol. The Balaban J connectivity index is 1.35. The van der Waals surface area contributed by atoms with Crippen LogP contribution in [0.3, 0.4) is 0 Å². The molecule has 0 aliphatic rings. The Labute approximate surface area is 587 Å². The van der Waals surface area contributed by atoms with E-state index >= 15 is 4.39 Å². The Hall–Kier alpha value is -10.4. The molecule has 0 saturated heterocycles. The number of aliphatic hydroxyl groups is 4. The third-order valence-electron chi connectivity index (χ3n) is 16.3. The van der Waals surface area contributed by atoms with Gasteiger partial charge in [-0.2, -0.15) is 5.21 Å². The van der Waals surface area contributed by atoms with E-state index in [9.17, 15) is 78.3 Å². The number of tetrazole rings is 1. The molecule has 0 fully saturated rings. The molecule has 33 nitrogen and oxygen atoms in total. The molecule has 0 spiro atoms. The van der Waals surface area contributed by atoms with Gasteiger partial charge in [-0.3, -0.25) is 52.7 Å². The number of hydrogen-bond acceptors (Lipinski definition) is 21. The van der Waals surface area contributed by atoms with Crippen LogP contribution in [0, 0.1) is 19.7 Å². The van der Waals surface area contributed by atoms with E-state index in [0.29, 0.717) is 43.7 Å². The highest BCUT2D eigenvalue weighted by Gasteiger charge is 2.43. The molecule has 34 heteroatoms. The zero-order chi connectivity index (χ0) is 75.4. The maximum absolute atomic E-state index is 15.4. The van der Waals surface area contributed by atoms with E-state index in [1.54, 1.807) is 24.3 Å². The average molecular weight is 1430 g/mol. The number of carboxylic acid groups (broad SMARTS) is 1. The normalized spacial score (nSPS) is 14.7. The molecule has 11 atom stereocenters. The second-order valence-electron chi connectivity index (χ2n) is 24.9. The molecular formula is C68H93FN16O17. The Morgan fingerprint density at radius 3 is 1.86 bits per heavy atom. The number of ether oxygens (including phenoxy) is 1. The van der Waals surface area contributed by atoms with Crippen LogP contribution in [0.15, 0.2) is 84.9 Å². The van der Waals surface area contributed by atoms with Crippen LogP contribution in [0.25, 0.3) is 11.1 Å². The summed E-state index contributed by atoms with van der Waals surface area (Å²) in [5, 5.41) is 85.5. The molecule has 21 N–H and O–H groups in total. The van der Waals surface area contributed by atoms with Crippen molar-refractivity contribution < 1.29 is 87.4 Å². The van der Waals surface area contributed by atoms with E-state index in [4.69, 9.17) is 21.9 Å². The molecule has 5 aromatic rings. The van der Waals surface area contributed by atoms with Gasteiger partial charge in [0, 0.05) is 19.3 Å². The van der Waals surface area contributed by atoms with Crippen molar-refractivity contribution in [2.45, 2.75) is 172 Å². The summed E-state index contributed by atoms with van der Waals surface area (Å²) in [5.74, 6) is -13.5. The van der Waals surface area contributed by atoms with E-state index in [2.05, 4.69) is 68.5 Å². The molecule has 554 valence electrons. The Kier molecular flexibility index (Phi) is 32.4. The minimum Gasteiger partial charge on any atom is -0.494 e. The summed E-state index contributed by atoms with van der Waals surface area (Å²) in [6.45, 7) is 7.10. The zero-order valence-electron chi connectivity index (χ0n) is 57.5. The molecule has 0 radical (unpaired) electrons. The number of hydrogen-bond donors (Lipinski definition) is 18. The fourth-order valence-electron chi connectivity index (χ4n) is 10.8. The number of unbranched alkanes of at least 4 members (excludes halogenated alkanes) is 1. The number of nitrogens with zero attached hydrogens (tertiary/aromatic N) is 3. The molecule has 1 heterocycles. The number of halogens is 1. The first-order valence-electron chi connectivity index (χ1n) is 33.0. The van der Waals surface area contributed by atoms with Crippen LogP contribution in [0.4, 0.5) is 4.39 Å². The summed E-state index contributed by atoms with van der Waals surface area (Å²) in [6.07, 6.45) is -2.91. The second kappa shape index (κ2) is 40.2. The first kappa shape index (κ1) is 82.3. The van der Waals surface area contributed by atoms with Gasteiger partial charge in [0.25, 0.3) is 0 Å².